The van der Waals surface area contributed by atoms with E-state index in [1.54, 1.807) is 12.4 Å². The molecule has 2 N–H and O–H groups in total. The molecule has 3 aromatic heterocycles. The second kappa shape index (κ2) is 8.62. The van der Waals surface area contributed by atoms with Gasteiger partial charge in [0.25, 0.3) is 6.43 Å². The van der Waals surface area contributed by atoms with E-state index in [1.165, 1.54) is 11.3 Å². The predicted octanol–water partition coefficient (Wildman–Crippen LogP) is 3.84. The molecule has 3 aromatic rings. The van der Waals surface area contributed by atoms with Crippen LogP contribution in [0, 0.1) is 6.92 Å². The number of fused-ring (bicyclic) bond motifs is 3. The zero-order chi connectivity index (χ0) is 22.2. The zero-order valence-corrected chi connectivity index (χ0v) is 18.3. The zero-order valence-electron chi connectivity index (χ0n) is 17.5. The molecule has 0 aliphatic carbocycles. The number of halogens is 2. The van der Waals surface area contributed by atoms with Crippen LogP contribution in [-0.2, 0) is 0 Å². The molecule has 0 aromatic carbocycles. The molecule has 32 heavy (non-hydrogen) atoms. The monoisotopic (exact) mass is 459 g/mol. The molecule has 0 unspecified atom stereocenters. The van der Waals surface area contributed by atoms with Gasteiger partial charge in [0, 0.05) is 35.9 Å². The molecule has 11 heteroatoms. The summed E-state index contributed by atoms with van der Waals surface area (Å²) in [6.07, 6.45) is 4.23. The van der Waals surface area contributed by atoms with Crippen molar-refractivity contribution in [3.05, 3.63) is 29.5 Å². The molecule has 168 valence electrons. The fourth-order valence-corrected chi connectivity index (χ4v) is 5.39. The molecule has 0 saturated carbocycles. The highest BCUT2D eigenvalue weighted by atomic mass is 32.1. The average molecular weight is 460 g/mol. The summed E-state index contributed by atoms with van der Waals surface area (Å²) in [5.41, 5.74) is 0.725. The van der Waals surface area contributed by atoms with Crippen molar-refractivity contribution in [3.63, 3.8) is 0 Å². The van der Waals surface area contributed by atoms with Gasteiger partial charge in [0.1, 0.15) is 16.5 Å². The summed E-state index contributed by atoms with van der Waals surface area (Å²) in [7, 11) is 0. The number of alkyl halides is 2. The Hall–Kier alpha value is -2.79. The van der Waals surface area contributed by atoms with Crippen molar-refractivity contribution in [2.24, 2.45) is 0 Å². The standard InChI is InChI=1S/C21H23F2N7OS/c1-11-28-29-20(32-11)17-4-12-5-19(26-9-13(12)8-25-17)27-21(31)30-15-2-3-16(30)7-14(6-15)24-10-18(22)23/h4-5,8-9,14-16,18,24H,2-3,6-7,10H2,1H3,(H,26,27,31)/t14-,15-,16+. The number of urea groups is 1. The van der Waals surface area contributed by atoms with Gasteiger partial charge in [-0.05, 0) is 50.1 Å². The van der Waals surface area contributed by atoms with Gasteiger partial charge < -0.3 is 10.2 Å². The summed E-state index contributed by atoms with van der Waals surface area (Å²) >= 11 is 1.47. The van der Waals surface area contributed by atoms with Gasteiger partial charge in [-0.15, -0.1) is 10.2 Å². The number of nitrogens with one attached hydrogen (secondary N) is 2. The van der Waals surface area contributed by atoms with E-state index in [2.05, 4.69) is 30.8 Å². The first-order valence-electron chi connectivity index (χ1n) is 10.6. The molecule has 2 saturated heterocycles. The van der Waals surface area contributed by atoms with Gasteiger partial charge in [0.15, 0.2) is 5.01 Å². The Bertz CT molecular complexity index is 1130. The lowest BCUT2D eigenvalue weighted by Crippen LogP contribution is -2.53. The third kappa shape index (κ3) is 4.26. The van der Waals surface area contributed by atoms with E-state index in [9.17, 15) is 13.6 Å². The number of anilines is 1. The third-order valence-electron chi connectivity index (χ3n) is 6.11. The SMILES string of the molecule is Cc1nnc(-c2cc3cc(NC(=O)N4[C@@H]5CC[C@H]4C[C@H](NCC(F)F)C5)ncc3cn2)s1. The van der Waals surface area contributed by atoms with E-state index >= 15 is 0 Å². The summed E-state index contributed by atoms with van der Waals surface area (Å²) < 4.78 is 25.1. The predicted molar refractivity (Wildman–Crippen MR) is 118 cm³/mol. The van der Waals surface area contributed by atoms with Crippen molar-refractivity contribution < 1.29 is 13.6 Å². The summed E-state index contributed by atoms with van der Waals surface area (Å²) in [6.45, 7) is 1.59. The van der Waals surface area contributed by atoms with Gasteiger partial charge in [0.05, 0.1) is 6.54 Å². The van der Waals surface area contributed by atoms with Crippen LogP contribution >= 0.6 is 11.3 Å². The number of carbonyl (C=O) groups excluding carboxylic acids is 1. The Kier molecular flexibility index (Phi) is 5.68. The lowest BCUT2D eigenvalue weighted by molar-refractivity contribution is 0.115. The number of piperidine rings is 1. The van der Waals surface area contributed by atoms with Gasteiger partial charge in [-0.2, -0.15) is 0 Å². The van der Waals surface area contributed by atoms with Crippen LogP contribution in [0.2, 0.25) is 0 Å². The molecule has 2 aliphatic heterocycles. The Morgan fingerprint density at radius 3 is 2.59 bits per heavy atom. The first kappa shape index (κ1) is 21.1. The van der Waals surface area contributed by atoms with E-state index in [-0.39, 0.29) is 30.7 Å². The topological polar surface area (TPSA) is 95.9 Å². The van der Waals surface area contributed by atoms with Crippen molar-refractivity contribution in [3.8, 4) is 10.7 Å². The quantitative estimate of drug-likeness (QED) is 0.602. The highest BCUT2D eigenvalue weighted by molar-refractivity contribution is 7.14. The van der Waals surface area contributed by atoms with Crippen LogP contribution in [0.15, 0.2) is 24.5 Å². The van der Waals surface area contributed by atoms with E-state index in [1.807, 2.05) is 24.0 Å². The van der Waals surface area contributed by atoms with Gasteiger partial charge in [0.2, 0.25) is 0 Å². The fraction of sp³-hybridized carbons (Fsp3) is 0.476. The minimum Gasteiger partial charge on any atom is -0.318 e. The van der Waals surface area contributed by atoms with E-state index in [4.69, 9.17) is 0 Å². The molecule has 2 bridgehead atoms. The minimum absolute atomic E-state index is 0.0271. The van der Waals surface area contributed by atoms with Crippen LogP contribution in [-0.4, -0.2) is 62.2 Å². The second-order valence-corrected chi connectivity index (χ2v) is 9.48. The number of hydrogen-bond acceptors (Lipinski definition) is 7. The molecular weight excluding hydrogens is 436 g/mol. The van der Waals surface area contributed by atoms with Crippen LogP contribution in [0.5, 0.6) is 0 Å². The van der Waals surface area contributed by atoms with E-state index < -0.39 is 6.43 Å². The summed E-state index contributed by atoms with van der Waals surface area (Å²) in [5.74, 6) is 0.463. The summed E-state index contributed by atoms with van der Waals surface area (Å²) in [6, 6.07) is 3.69. The first-order valence-corrected chi connectivity index (χ1v) is 11.4. The largest absolute Gasteiger partial charge is 0.323 e. The van der Waals surface area contributed by atoms with Gasteiger partial charge in [-0.1, -0.05) is 11.3 Å². The Morgan fingerprint density at radius 1 is 1.16 bits per heavy atom. The normalized spacial score (nSPS) is 22.6. The molecule has 5 rings (SSSR count). The van der Waals surface area contributed by atoms with Crippen LogP contribution in [0.3, 0.4) is 0 Å². The van der Waals surface area contributed by atoms with Crippen LogP contribution < -0.4 is 10.6 Å². The molecule has 0 spiro atoms. The summed E-state index contributed by atoms with van der Waals surface area (Å²) in [5, 5.41) is 17.4. The van der Waals surface area contributed by atoms with E-state index in [0.717, 1.165) is 39.3 Å². The van der Waals surface area contributed by atoms with Gasteiger partial charge in [-0.3, -0.25) is 10.3 Å². The molecule has 3 atom stereocenters. The number of pyridine rings is 2. The smallest absolute Gasteiger partial charge is 0.318 e. The average Bonchev–Trinajstić information content (AvgIpc) is 3.32. The number of carbonyl (C=O) groups is 1. The Balaban J connectivity index is 1.29. The molecule has 2 aliphatic rings. The van der Waals surface area contributed by atoms with Gasteiger partial charge >= 0.3 is 6.03 Å². The Labute approximate surface area is 187 Å². The number of nitrogens with zero attached hydrogens (tertiary/aromatic N) is 5. The lowest BCUT2D eigenvalue weighted by Gasteiger charge is -2.39. The van der Waals surface area contributed by atoms with Crippen molar-refractivity contribution >= 4 is 34.0 Å². The van der Waals surface area contributed by atoms with Crippen LogP contribution in [0.25, 0.3) is 21.5 Å². The number of amides is 2. The maximum Gasteiger partial charge on any atom is 0.323 e. The highest BCUT2D eigenvalue weighted by Crippen LogP contribution is 2.36. The molecule has 2 amide bonds. The van der Waals surface area contributed by atoms with E-state index in [0.29, 0.717) is 18.7 Å². The van der Waals surface area contributed by atoms with Crippen LogP contribution in [0.1, 0.15) is 30.7 Å². The van der Waals surface area contributed by atoms with Crippen molar-refractivity contribution in [1.29, 1.82) is 0 Å². The first-order chi connectivity index (χ1) is 15.5. The van der Waals surface area contributed by atoms with Crippen LogP contribution in [0.4, 0.5) is 19.4 Å². The molecular formula is C21H23F2N7OS. The minimum atomic E-state index is -2.36. The number of hydrogen-bond donors (Lipinski definition) is 2. The Morgan fingerprint density at radius 2 is 1.91 bits per heavy atom. The maximum absolute atomic E-state index is 13.0. The van der Waals surface area contributed by atoms with Crippen molar-refractivity contribution in [1.82, 2.24) is 30.4 Å². The number of aryl methyl sites for hydroxylation is 1. The molecule has 2 fully saturated rings. The molecule has 5 heterocycles. The number of rotatable bonds is 5. The van der Waals surface area contributed by atoms with Gasteiger partial charge in [-0.25, -0.2) is 18.6 Å². The molecule has 0 radical (unpaired) electrons. The highest BCUT2D eigenvalue weighted by Gasteiger charge is 2.43. The maximum atomic E-state index is 13.0. The third-order valence-corrected chi connectivity index (χ3v) is 6.97. The van der Waals surface area contributed by atoms with Crippen molar-refractivity contribution in [2.45, 2.75) is 57.2 Å². The second-order valence-electron chi connectivity index (χ2n) is 8.30. The summed E-state index contributed by atoms with van der Waals surface area (Å²) in [4.78, 5) is 23.7. The fourth-order valence-electron chi connectivity index (χ4n) is 4.73. The number of aromatic nitrogens is 4. The lowest BCUT2D eigenvalue weighted by atomic mass is 9.97. The molecule has 8 nitrogen and oxygen atoms in total. The van der Waals surface area contributed by atoms with Crippen molar-refractivity contribution in [2.75, 3.05) is 11.9 Å².